The maximum absolute atomic E-state index is 13.0. The Hall–Kier alpha value is -1.69. The fraction of sp³-hybridized carbons (Fsp3) is 0.333. The number of nitrogens with zero attached hydrogens (tertiary/aromatic N) is 1. The first-order valence-electron chi connectivity index (χ1n) is 9.03. The average Bonchev–Trinajstić information content (AvgIpc) is 2.70. The van der Waals surface area contributed by atoms with Gasteiger partial charge in [0.1, 0.15) is 6.04 Å². The molecule has 0 aliphatic rings. The molecule has 4 nitrogen and oxygen atoms in total. The van der Waals surface area contributed by atoms with Crippen molar-refractivity contribution in [2.45, 2.75) is 31.7 Å². The van der Waals surface area contributed by atoms with Gasteiger partial charge in [0.15, 0.2) is 0 Å². The zero-order valence-corrected chi connectivity index (χ0v) is 18.3. The summed E-state index contributed by atoms with van der Waals surface area (Å²) < 4.78 is 0. The van der Waals surface area contributed by atoms with Gasteiger partial charge in [-0.2, -0.15) is 0 Å². The predicted octanol–water partition coefficient (Wildman–Crippen LogP) is 4.78. The van der Waals surface area contributed by atoms with Crippen LogP contribution in [0.4, 0.5) is 0 Å². The summed E-state index contributed by atoms with van der Waals surface area (Å²) in [6.45, 7) is 2.29. The summed E-state index contributed by atoms with van der Waals surface area (Å²) in [5, 5.41) is 3.84. The number of nitrogens with one attached hydrogen (secondary N) is 1. The summed E-state index contributed by atoms with van der Waals surface area (Å²) in [5.74, 6) is 0.514. The van der Waals surface area contributed by atoms with E-state index in [9.17, 15) is 9.59 Å². The van der Waals surface area contributed by atoms with E-state index < -0.39 is 6.04 Å². The fourth-order valence-electron chi connectivity index (χ4n) is 2.86. The highest BCUT2D eigenvalue weighted by Crippen LogP contribution is 2.28. The summed E-state index contributed by atoms with van der Waals surface area (Å²) in [6, 6.07) is 14.5. The third-order valence-corrected chi connectivity index (χ3v) is 6.01. The number of amides is 2. The van der Waals surface area contributed by atoms with Gasteiger partial charge in [-0.1, -0.05) is 66.5 Å². The number of likely N-dealkylation sites (N-methyl/N-ethyl adjacent to an activating group) is 1. The molecule has 2 aromatic carbocycles. The quantitative estimate of drug-likeness (QED) is 0.612. The van der Waals surface area contributed by atoms with Gasteiger partial charge in [-0.15, -0.1) is 11.8 Å². The van der Waals surface area contributed by atoms with Crippen molar-refractivity contribution >= 4 is 46.8 Å². The molecule has 0 bridgehead atoms. The number of hydrogen-bond acceptors (Lipinski definition) is 3. The Morgan fingerprint density at radius 2 is 1.71 bits per heavy atom. The highest BCUT2D eigenvalue weighted by atomic mass is 35.5. The fourth-order valence-corrected chi connectivity index (χ4v) is 4.51. The average molecular weight is 439 g/mol. The smallest absolute Gasteiger partial charge is 0.242 e. The van der Waals surface area contributed by atoms with Crippen molar-refractivity contribution in [2.24, 2.45) is 0 Å². The summed E-state index contributed by atoms with van der Waals surface area (Å²) in [6.07, 6.45) is 0.541. The van der Waals surface area contributed by atoms with E-state index in [0.717, 1.165) is 11.1 Å². The normalized spacial score (nSPS) is 11.7. The second-order valence-corrected chi connectivity index (χ2v) is 8.04. The van der Waals surface area contributed by atoms with Crippen LogP contribution in [0.3, 0.4) is 0 Å². The molecule has 2 rings (SSSR count). The van der Waals surface area contributed by atoms with Crippen LogP contribution >= 0.6 is 35.0 Å². The number of carbonyl (C=O) groups excluding carboxylic acids is 2. The first-order chi connectivity index (χ1) is 13.5. The van der Waals surface area contributed by atoms with Gasteiger partial charge in [-0.3, -0.25) is 9.59 Å². The van der Waals surface area contributed by atoms with Crippen LogP contribution in [0.25, 0.3) is 0 Å². The SMILES string of the molecule is CC[C@@H](C(=O)NC)N(Cc1ccccc1)C(=O)CSCc1c(Cl)cccc1Cl. The van der Waals surface area contributed by atoms with Gasteiger partial charge in [0, 0.05) is 29.4 Å². The molecule has 150 valence electrons. The second kappa shape index (κ2) is 11.3. The van der Waals surface area contributed by atoms with Crippen LogP contribution in [-0.2, 0) is 21.9 Å². The molecule has 0 unspecified atom stereocenters. The molecule has 0 spiro atoms. The van der Waals surface area contributed by atoms with Crippen molar-refractivity contribution in [3.63, 3.8) is 0 Å². The van der Waals surface area contributed by atoms with Gasteiger partial charge in [0.05, 0.1) is 5.75 Å². The summed E-state index contributed by atoms with van der Waals surface area (Å²) in [5.41, 5.74) is 1.80. The number of halogens is 2. The Kier molecular flexibility index (Phi) is 9.16. The van der Waals surface area contributed by atoms with E-state index in [1.165, 1.54) is 11.8 Å². The first kappa shape index (κ1) is 22.6. The van der Waals surface area contributed by atoms with Gasteiger partial charge < -0.3 is 10.2 Å². The maximum Gasteiger partial charge on any atom is 0.242 e. The molecule has 0 fully saturated rings. The molecule has 0 aliphatic carbocycles. The molecule has 2 amide bonds. The van der Waals surface area contributed by atoms with Crippen LogP contribution < -0.4 is 5.32 Å². The van der Waals surface area contributed by atoms with Gasteiger partial charge in [0.25, 0.3) is 0 Å². The molecule has 1 atom stereocenters. The van der Waals surface area contributed by atoms with Crippen LogP contribution in [0, 0.1) is 0 Å². The first-order valence-corrected chi connectivity index (χ1v) is 10.9. The Balaban J connectivity index is 2.10. The number of hydrogen-bond donors (Lipinski definition) is 1. The number of carbonyl (C=O) groups is 2. The molecule has 2 aromatic rings. The van der Waals surface area contributed by atoms with E-state index in [2.05, 4.69) is 5.32 Å². The molecular weight excluding hydrogens is 415 g/mol. The topological polar surface area (TPSA) is 49.4 Å². The lowest BCUT2D eigenvalue weighted by atomic mass is 10.1. The lowest BCUT2D eigenvalue weighted by Crippen LogP contribution is -2.48. The molecule has 0 heterocycles. The zero-order valence-electron chi connectivity index (χ0n) is 16.0. The molecular formula is C21H24Cl2N2O2S. The van der Waals surface area contributed by atoms with Crippen molar-refractivity contribution in [1.82, 2.24) is 10.2 Å². The molecule has 28 heavy (non-hydrogen) atoms. The van der Waals surface area contributed by atoms with Crippen LogP contribution in [0.2, 0.25) is 10.0 Å². The third-order valence-electron chi connectivity index (χ3n) is 4.36. The molecule has 0 saturated carbocycles. The minimum absolute atomic E-state index is 0.0903. The van der Waals surface area contributed by atoms with Crippen LogP contribution in [0.5, 0.6) is 0 Å². The zero-order chi connectivity index (χ0) is 20.5. The largest absolute Gasteiger partial charge is 0.357 e. The second-order valence-electron chi connectivity index (χ2n) is 6.24. The Bertz CT molecular complexity index is 782. The lowest BCUT2D eigenvalue weighted by molar-refractivity contribution is -0.139. The Morgan fingerprint density at radius 1 is 1.07 bits per heavy atom. The minimum atomic E-state index is -0.512. The molecule has 7 heteroatoms. The van der Waals surface area contributed by atoms with Crippen LogP contribution in [0.15, 0.2) is 48.5 Å². The number of thioether (sulfide) groups is 1. The molecule has 0 radical (unpaired) electrons. The Labute approximate surface area is 180 Å². The maximum atomic E-state index is 13.0. The van der Waals surface area contributed by atoms with E-state index >= 15 is 0 Å². The van der Waals surface area contributed by atoms with Gasteiger partial charge >= 0.3 is 0 Å². The third kappa shape index (κ3) is 6.16. The predicted molar refractivity (Wildman–Crippen MR) is 118 cm³/mol. The summed E-state index contributed by atoms with van der Waals surface area (Å²) >= 11 is 13.8. The van der Waals surface area contributed by atoms with E-state index in [0.29, 0.717) is 28.8 Å². The molecule has 0 saturated heterocycles. The molecule has 0 aromatic heterocycles. The highest BCUT2D eigenvalue weighted by Gasteiger charge is 2.27. The van der Waals surface area contributed by atoms with E-state index in [1.807, 2.05) is 37.3 Å². The van der Waals surface area contributed by atoms with Crippen LogP contribution in [0.1, 0.15) is 24.5 Å². The van der Waals surface area contributed by atoms with Gasteiger partial charge in [-0.25, -0.2) is 0 Å². The van der Waals surface area contributed by atoms with Gasteiger partial charge in [0.2, 0.25) is 11.8 Å². The standard InChI is InChI=1S/C21H24Cl2N2O2S/c1-3-19(21(27)24-2)25(12-15-8-5-4-6-9-15)20(26)14-28-13-16-17(22)10-7-11-18(16)23/h4-11,19H,3,12-14H2,1-2H3,(H,24,27)/t19-/m0/s1. The number of benzene rings is 2. The summed E-state index contributed by atoms with van der Waals surface area (Å²) in [4.78, 5) is 27.0. The monoisotopic (exact) mass is 438 g/mol. The lowest BCUT2D eigenvalue weighted by Gasteiger charge is -2.30. The van der Waals surface area contributed by atoms with Gasteiger partial charge in [-0.05, 0) is 29.7 Å². The van der Waals surface area contributed by atoms with Crippen molar-refractivity contribution in [2.75, 3.05) is 12.8 Å². The van der Waals surface area contributed by atoms with Crippen molar-refractivity contribution < 1.29 is 9.59 Å². The summed E-state index contributed by atoms with van der Waals surface area (Å²) in [7, 11) is 1.59. The van der Waals surface area contributed by atoms with E-state index in [1.54, 1.807) is 30.1 Å². The van der Waals surface area contributed by atoms with E-state index in [4.69, 9.17) is 23.2 Å². The van der Waals surface area contributed by atoms with Crippen molar-refractivity contribution in [1.29, 1.82) is 0 Å². The molecule has 0 aliphatic heterocycles. The van der Waals surface area contributed by atoms with Crippen molar-refractivity contribution in [3.8, 4) is 0 Å². The molecule has 1 N–H and O–H groups in total. The van der Waals surface area contributed by atoms with Crippen LogP contribution in [-0.4, -0.2) is 35.6 Å². The van der Waals surface area contributed by atoms with Crippen molar-refractivity contribution in [3.05, 3.63) is 69.7 Å². The number of rotatable bonds is 9. The van der Waals surface area contributed by atoms with E-state index in [-0.39, 0.29) is 17.6 Å². The highest BCUT2D eigenvalue weighted by molar-refractivity contribution is 7.99. The minimum Gasteiger partial charge on any atom is -0.357 e. The Morgan fingerprint density at radius 3 is 2.29 bits per heavy atom.